The van der Waals surface area contributed by atoms with Gasteiger partial charge in [-0.3, -0.25) is 0 Å². The Morgan fingerprint density at radius 3 is 2.68 bits per heavy atom. The van der Waals surface area contributed by atoms with Crippen LogP contribution < -0.4 is 5.73 Å². The second kappa shape index (κ2) is 6.80. The van der Waals surface area contributed by atoms with Crippen molar-refractivity contribution < 1.29 is 26.8 Å². The zero-order valence-electron chi connectivity index (χ0n) is 10.3. The molecule has 9 heteroatoms. The van der Waals surface area contributed by atoms with Gasteiger partial charge >= 0.3 is 12.3 Å². The average molecular weight is 285 g/mol. The molecule has 0 aromatic carbocycles. The Bertz CT molecular complexity index is 387. The fourth-order valence-corrected chi connectivity index (χ4v) is 1.14. The van der Waals surface area contributed by atoms with Crippen molar-refractivity contribution in [3.63, 3.8) is 0 Å². The Kier molecular flexibility index (Phi) is 5.67. The Morgan fingerprint density at radius 1 is 1.42 bits per heavy atom. The monoisotopic (exact) mass is 285 g/mol. The van der Waals surface area contributed by atoms with E-state index in [0.29, 0.717) is 6.42 Å². The van der Waals surface area contributed by atoms with Crippen molar-refractivity contribution in [2.75, 3.05) is 6.61 Å². The van der Waals surface area contributed by atoms with Crippen LogP contribution in [0, 0.1) is 0 Å². The minimum absolute atomic E-state index is 0.0170. The number of ether oxygens (including phenoxy) is 1. The molecule has 0 bridgehead atoms. The SMILES string of the molecule is CCC(N)Cc1nc(COCC(F)(F)C(F)F)no1. The number of rotatable bonds is 8. The van der Waals surface area contributed by atoms with Crippen molar-refractivity contribution in [3.8, 4) is 0 Å². The van der Waals surface area contributed by atoms with Gasteiger partial charge in [-0.2, -0.15) is 13.8 Å². The maximum Gasteiger partial charge on any atom is 0.330 e. The van der Waals surface area contributed by atoms with Crippen molar-refractivity contribution in [1.29, 1.82) is 0 Å². The summed E-state index contributed by atoms with van der Waals surface area (Å²) in [5.41, 5.74) is 5.66. The highest BCUT2D eigenvalue weighted by Gasteiger charge is 2.41. The van der Waals surface area contributed by atoms with Crippen molar-refractivity contribution in [3.05, 3.63) is 11.7 Å². The summed E-state index contributed by atoms with van der Waals surface area (Å²) in [7, 11) is 0. The maximum absolute atomic E-state index is 12.5. The predicted octanol–water partition coefficient (Wildman–Crippen LogP) is 1.77. The third kappa shape index (κ3) is 5.11. The number of hydrogen-bond acceptors (Lipinski definition) is 5. The van der Waals surface area contributed by atoms with Gasteiger partial charge in [0.1, 0.15) is 13.2 Å². The second-order valence-corrected chi connectivity index (χ2v) is 4.03. The van der Waals surface area contributed by atoms with Gasteiger partial charge < -0.3 is 15.0 Å². The second-order valence-electron chi connectivity index (χ2n) is 4.03. The topological polar surface area (TPSA) is 74.2 Å². The first kappa shape index (κ1) is 15.8. The maximum atomic E-state index is 12.5. The quantitative estimate of drug-likeness (QED) is 0.737. The highest BCUT2D eigenvalue weighted by atomic mass is 19.3. The van der Waals surface area contributed by atoms with Crippen LogP contribution in [0.3, 0.4) is 0 Å². The van der Waals surface area contributed by atoms with E-state index in [1.165, 1.54) is 0 Å². The molecule has 0 aliphatic carbocycles. The largest absolute Gasteiger partial charge is 0.367 e. The number of halogens is 4. The van der Waals surface area contributed by atoms with E-state index in [2.05, 4.69) is 14.9 Å². The summed E-state index contributed by atoms with van der Waals surface area (Å²) >= 11 is 0. The highest BCUT2D eigenvalue weighted by Crippen LogP contribution is 2.23. The smallest absolute Gasteiger partial charge is 0.330 e. The van der Waals surface area contributed by atoms with Crippen LogP contribution in [-0.4, -0.2) is 35.1 Å². The molecular weight excluding hydrogens is 270 g/mol. The summed E-state index contributed by atoms with van der Waals surface area (Å²) in [4.78, 5) is 3.85. The molecule has 0 fully saturated rings. The van der Waals surface area contributed by atoms with Gasteiger partial charge in [0.25, 0.3) is 0 Å². The average Bonchev–Trinajstić information content (AvgIpc) is 2.76. The molecule has 0 spiro atoms. The number of aromatic nitrogens is 2. The van der Waals surface area contributed by atoms with E-state index in [4.69, 9.17) is 10.3 Å². The standard InChI is InChI=1S/C10H15F4N3O2/c1-2-6(15)3-8-16-7(17-19-8)4-18-5-10(13,14)9(11)12/h6,9H,2-5,15H2,1H3. The van der Waals surface area contributed by atoms with Crippen molar-refractivity contribution in [2.24, 2.45) is 5.73 Å². The highest BCUT2D eigenvalue weighted by molar-refractivity contribution is 4.87. The molecule has 1 atom stereocenters. The lowest BCUT2D eigenvalue weighted by atomic mass is 10.2. The van der Waals surface area contributed by atoms with Crippen LogP contribution in [0.1, 0.15) is 25.1 Å². The number of nitrogens with zero attached hydrogens (tertiary/aromatic N) is 2. The van der Waals surface area contributed by atoms with Crippen LogP contribution in [0.25, 0.3) is 0 Å². The minimum atomic E-state index is -4.18. The van der Waals surface area contributed by atoms with Gasteiger partial charge in [-0.05, 0) is 6.42 Å². The van der Waals surface area contributed by atoms with Crippen LogP contribution in [-0.2, 0) is 17.8 Å². The Balaban J connectivity index is 2.38. The van der Waals surface area contributed by atoms with E-state index < -0.39 is 25.6 Å². The first-order valence-electron chi connectivity index (χ1n) is 5.66. The summed E-state index contributed by atoms with van der Waals surface area (Å²) in [6.45, 7) is 0.0632. The van der Waals surface area contributed by atoms with Gasteiger partial charge in [-0.25, -0.2) is 8.78 Å². The van der Waals surface area contributed by atoms with Crippen molar-refractivity contribution in [2.45, 2.75) is 44.8 Å². The normalized spacial score (nSPS) is 14.1. The lowest BCUT2D eigenvalue weighted by molar-refractivity contribution is -0.168. The lowest BCUT2D eigenvalue weighted by Crippen LogP contribution is -2.32. The summed E-state index contributed by atoms with van der Waals surface area (Å²) in [5.74, 6) is -3.91. The molecule has 19 heavy (non-hydrogen) atoms. The van der Waals surface area contributed by atoms with E-state index >= 15 is 0 Å². The molecule has 5 nitrogen and oxygen atoms in total. The van der Waals surface area contributed by atoms with E-state index in [9.17, 15) is 17.6 Å². The Labute approximate surface area is 107 Å². The van der Waals surface area contributed by atoms with Gasteiger partial charge in [-0.15, -0.1) is 0 Å². The molecule has 0 aliphatic rings. The van der Waals surface area contributed by atoms with Crippen LogP contribution in [0.4, 0.5) is 17.6 Å². The summed E-state index contributed by atoms with van der Waals surface area (Å²) in [5, 5.41) is 3.47. The minimum Gasteiger partial charge on any atom is -0.367 e. The molecule has 0 radical (unpaired) electrons. The lowest BCUT2D eigenvalue weighted by Gasteiger charge is -2.14. The molecule has 1 unspecified atom stereocenters. The molecule has 0 aliphatic heterocycles. The predicted molar refractivity (Wildman–Crippen MR) is 56.9 cm³/mol. The molecule has 2 N–H and O–H groups in total. The van der Waals surface area contributed by atoms with E-state index in [0.717, 1.165) is 6.42 Å². The number of alkyl halides is 4. The summed E-state index contributed by atoms with van der Waals surface area (Å²) in [6, 6.07) is -0.141. The first-order valence-corrected chi connectivity index (χ1v) is 5.66. The number of hydrogen-bond donors (Lipinski definition) is 1. The molecular formula is C10H15F4N3O2. The Morgan fingerprint density at radius 2 is 2.11 bits per heavy atom. The molecule has 1 rings (SSSR count). The molecule has 0 saturated carbocycles. The van der Waals surface area contributed by atoms with E-state index in [-0.39, 0.29) is 17.8 Å². The van der Waals surface area contributed by atoms with Gasteiger partial charge in [0.15, 0.2) is 5.82 Å². The summed E-state index contributed by atoms with van der Waals surface area (Å²) < 4.78 is 57.9. The summed E-state index contributed by atoms with van der Waals surface area (Å²) in [6.07, 6.45) is -2.69. The third-order valence-corrected chi connectivity index (χ3v) is 2.32. The first-order chi connectivity index (χ1) is 8.85. The van der Waals surface area contributed by atoms with Gasteiger partial charge in [0.05, 0.1) is 0 Å². The van der Waals surface area contributed by atoms with Crippen molar-refractivity contribution >= 4 is 0 Å². The number of nitrogens with two attached hydrogens (primary N) is 1. The fourth-order valence-electron chi connectivity index (χ4n) is 1.14. The van der Waals surface area contributed by atoms with Gasteiger partial charge in [-0.1, -0.05) is 12.1 Å². The van der Waals surface area contributed by atoms with Crippen LogP contribution in [0.15, 0.2) is 4.52 Å². The molecule has 0 amide bonds. The molecule has 110 valence electrons. The molecule has 0 saturated heterocycles. The Hall–Kier alpha value is -1.22. The van der Waals surface area contributed by atoms with Crippen LogP contribution >= 0.6 is 0 Å². The van der Waals surface area contributed by atoms with Gasteiger partial charge in [0.2, 0.25) is 5.89 Å². The van der Waals surface area contributed by atoms with Crippen molar-refractivity contribution in [1.82, 2.24) is 10.1 Å². The zero-order valence-corrected chi connectivity index (χ0v) is 10.3. The molecule has 1 aromatic rings. The fraction of sp³-hybridized carbons (Fsp3) is 0.800. The van der Waals surface area contributed by atoms with Crippen LogP contribution in [0.5, 0.6) is 0 Å². The molecule has 1 heterocycles. The van der Waals surface area contributed by atoms with E-state index in [1.54, 1.807) is 0 Å². The van der Waals surface area contributed by atoms with Gasteiger partial charge in [0, 0.05) is 12.5 Å². The zero-order chi connectivity index (χ0) is 14.5. The van der Waals surface area contributed by atoms with Crippen LogP contribution in [0.2, 0.25) is 0 Å². The van der Waals surface area contributed by atoms with E-state index in [1.807, 2.05) is 6.92 Å². The third-order valence-electron chi connectivity index (χ3n) is 2.32. The molecule has 1 aromatic heterocycles.